The number of nitrogens with zero attached hydrogens (tertiary/aromatic N) is 1. The van der Waals surface area contributed by atoms with E-state index in [4.69, 9.17) is 4.74 Å². The summed E-state index contributed by atoms with van der Waals surface area (Å²) in [6.07, 6.45) is 1.67. The molecule has 1 aromatic carbocycles. The zero-order chi connectivity index (χ0) is 15.5. The maximum Gasteiger partial charge on any atom is 0.227 e. The molecule has 0 saturated carbocycles. The van der Waals surface area contributed by atoms with Crippen LogP contribution in [0.15, 0.2) is 18.2 Å². The molecule has 5 nitrogen and oxygen atoms in total. The minimum absolute atomic E-state index is 0.0820. The van der Waals surface area contributed by atoms with E-state index in [1.807, 2.05) is 19.1 Å². The summed E-state index contributed by atoms with van der Waals surface area (Å²) in [5.74, 6) is 0.854. The van der Waals surface area contributed by atoms with Crippen LogP contribution in [0.1, 0.15) is 29.3 Å². The Bertz CT molecular complexity index is 544. The van der Waals surface area contributed by atoms with Gasteiger partial charge in [0.1, 0.15) is 12.0 Å². The Morgan fingerprint density at radius 1 is 1.52 bits per heavy atom. The molecule has 1 amide bonds. The first kappa shape index (κ1) is 15.5. The fraction of sp³-hybridized carbons (Fsp3) is 0.500. The number of methoxy groups -OCH3 is 1. The van der Waals surface area contributed by atoms with E-state index in [9.17, 15) is 9.59 Å². The number of hydrogen-bond acceptors (Lipinski definition) is 4. The van der Waals surface area contributed by atoms with E-state index in [1.165, 1.54) is 0 Å². The van der Waals surface area contributed by atoms with E-state index in [2.05, 4.69) is 10.2 Å². The van der Waals surface area contributed by atoms with Crippen LogP contribution in [0.3, 0.4) is 0 Å². The van der Waals surface area contributed by atoms with E-state index in [0.29, 0.717) is 18.7 Å². The van der Waals surface area contributed by atoms with Gasteiger partial charge >= 0.3 is 0 Å². The maximum absolute atomic E-state index is 11.9. The highest BCUT2D eigenvalue weighted by atomic mass is 16.5. The third-order valence-corrected chi connectivity index (χ3v) is 4.16. The highest BCUT2D eigenvalue weighted by Crippen LogP contribution is 2.32. The topological polar surface area (TPSA) is 58.6 Å². The van der Waals surface area contributed by atoms with Crippen molar-refractivity contribution in [1.29, 1.82) is 0 Å². The highest BCUT2D eigenvalue weighted by molar-refractivity contribution is 5.82. The molecule has 1 fully saturated rings. The van der Waals surface area contributed by atoms with Gasteiger partial charge in [-0.3, -0.25) is 14.5 Å². The fourth-order valence-corrected chi connectivity index (χ4v) is 2.91. The Morgan fingerprint density at radius 3 is 2.90 bits per heavy atom. The second-order valence-corrected chi connectivity index (χ2v) is 5.79. The largest absolute Gasteiger partial charge is 0.496 e. The van der Waals surface area contributed by atoms with Crippen molar-refractivity contribution in [2.45, 2.75) is 19.9 Å². The first-order valence-corrected chi connectivity index (χ1v) is 7.09. The lowest BCUT2D eigenvalue weighted by Gasteiger charge is -2.23. The molecule has 1 aliphatic rings. The van der Waals surface area contributed by atoms with Crippen molar-refractivity contribution in [2.24, 2.45) is 5.41 Å². The molecule has 114 valence electrons. The summed E-state index contributed by atoms with van der Waals surface area (Å²) in [6.45, 7) is 4.24. The van der Waals surface area contributed by atoms with E-state index >= 15 is 0 Å². The number of carbonyl (C=O) groups excluding carboxylic acids is 2. The minimum atomic E-state index is -0.343. The maximum atomic E-state index is 11.9. The lowest BCUT2D eigenvalue weighted by molar-refractivity contribution is -0.129. The lowest BCUT2D eigenvalue weighted by atomic mass is 9.89. The molecule has 1 atom stereocenters. The summed E-state index contributed by atoms with van der Waals surface area (Å²) >= 11 is 0. The number of likely N-dealkylation sites (tertiary alicyclic amines) is 1. The smallest absolute Gasteiger partial charge is 0.227 e. The molecule has 21 heavy (non-hydrogen) atoms. The van der Waals surface area contributed by atoms with Gasteiger partial charge in [-0.2, -0.15) is 0 Å². The van der Waals surface area contributed by atoms with Gasteiger partial charge in [0.2, 0.25) is 5.91 Å². The van der Waals surface area contributed by atoms with Crippen molar-refractivity contribution in [3.63, 3.8) is 0 Å². The summed E-state index contributed by atoms with van der Waals surface area (Å²) in [7, 11) is 3.30. The van der Waals surface area contributed by atoms with Crippen LogP contribution in [0.25, 0.3) is 0 Å². The second kappa shape index (κ2) is 6.26. The van der Waals surface area contributed by atoms with Gasteiger partial charge in [0.15, 0.2) is 0 Å². The molecule has 0 bridgehead atoms. The van der Waals surface area contributed by atoms with E-state index in [-0.39, 0.29) is 11.3 Å². The fourth-order valence-electron chi connectivity index (χ4n) is 2.91. The van der Waals surface area contributed by atoms with Crippen molar-refractivity contribution >= 4 is 12.2 Å². The van der Waals surface area contributed by atoms with Crippen LogP contribution in [0, 0.1) is 5.41 Å². The summed E-state index contributed by atoms with van der Waals surface area (Å²) < 4.78 is 5.35. The predicted molar refractivity (Wildman–Crippen MR) is 80.4 cm³/mol. The molecule has 1 heterocycles. The van der Waals surface area contributed by atoms with Gasteiger partial charge in [-0.15, -0.1) is 0 Å². The van der Waals surface area contributed by atoms with E-state index in [0.717, 1.165) is 30.6 Å². The van der Waals surface area contributed by atoms with Crippen LogP contribution >= 0.6 is 0 Å². The zero-order valence-corrected chi connectivity index (χ0v) is 12.8. The minimum Gasteiger partial charge on any atom is -0.496 e. The van der Waals surface area contributed by atoms with Gasteiger partial charge in [-0.25, -0.2) is 0 Å². The summed E-state index contributed by atoms with van der Waals surface area (Å²) in [6, 6.07) is 5.41. The van der Waals surface area contributed by atoms with Crippen LogP contribution in [0.4, 0.5) is 0 Å². The highest BCUT2D eigenvalue weighted by Gasteiger charge is 2.39. The Kier molecular flexibility index (Phi) is 4.63. The number of nitrogens with one attached hydrogen (secondary N) is 1. The van der Waals surface area contributed by atoms with Crippen molar-refractivity contribution in [3.05, 3.63) is 29.3 Å². The Balaban J connectivity index is 2.13. The summed E-state index contributed by atoms with van der Waals surface area (Å²) in [4.78, 5) is 25.1. The number of carbonyl (C=O) groups is 2. The summed E-state index contributed by atoms with van der Waals surface area (Å²) in [5, 5.41) is 2.74. The van der Waals surface area contributed by atoms with Gasteiger partial charge < -0.3 is 10.1 Å². The molecule has 1 aliphatic heterocycles. The molecule has 1 N–H and O–H groups in total. The quantitative estimate of drug-likeness (QED) is 0.834. The van der Waals surface area contributed by atoms with Gasteiger partial charge in [0, 0.05) is 31.3 Å². The average molecular weight is 290 g/mol. The number of rotatable bonds is 5. The molecule has 2 rings (SSSR count). The molecule has 1 saturated heterocycles. The second-order valence-electron chi connectivity index (χ2n) is 5.79. The van der Waals surface area contributed by atoms with Crippen molar-refractivity contribution < 1.29 is 14.3 Å². The Labute approximate surface area is 125 Å². The standard InChI is InChI=1S/C16H22N2O3/c1-16(15(20)17-2)6-7-18(11-16)9-13-8-12(10-19)4-5-14(13)21-3/h4-5,8,10H,6-7,9,11H2,1-3H3,(H,17,20). The SMILES string of the molecule is CNC(=O)C1(C)CCN(Cc2cc(C=O)ccc2OC)C1. The third kappa shape index (κ3) is 3.24. The van der Waals surface area contributed by atoms with Gasteiger partial charge in [-0.05, 0) is 38.1 Å². The lowest BCUT2D eigenvalue weighted by Crippen LogP contribution is -2.39. The number of hydrogen-bond donors (Lipinski definition) is 1. The predicted octanol–water partition coefficient (Wildman–Crippen LogP) is 1.47. The van der Waals surface area contributed by atoms with Crippen LogP contribution in [0.5, 0.6) is 5.75 Å². The molecule has 0 aliphatic carbocycles. The molecular weight excluding hydrogens is 268 g/mol. The number of ether oxygens (including phenoxy) is 1. The molecule has 5 heteroatoms. The van der Waals surface area contributed by atoms with Crippen LogP contribution < -0.4 is 10.1 Å². The van der Waals surface area contributed by atoms with Crippen LogP contribution in [0.2, 0.25) is 0 Å². The van der Waals surface area contributed by atoms with Crippen molar-refractivity contribution in [2.75, 3.05) is 27.2 Å². The van der Waals surface area contributed by atoms with Crippen LogP contribution in [-0.2, 0) is 11.3 Å². The van der Waals surface area contributed by atoms with E-state index in [1.54, 1.807) is 20.2 Å². The number of amides is 1. The monoisotopic (exact) mass is 290 g/mol. The molecular formula is C16H22N2O3. The normalized spacial score (nSPS) is 22.0. The van der Waals surface area contributed by atoms with Gasteiger partial charge in [-0.1, -0.05) is 0 Å². The van der Waals surface area contributed by atoms with Crippen LogP contribution in [-0.4, -0.2) is 44.3 Å². The first-order chi connectivity index (χ1) is 10.0. The van der Waals surface area contributed by atoms with E-state index < -0.39 is 0 Å². The zero-order valence-electron chi connectivity index (χ0n) is 12.8. The van der Waals surface area contributed by atoms with Gasteiger partial charge in [0.25, 0.3) is 0 Å². The molecule has 1 unspecified atom stereocenters. The first-order valence-electron chi connectivity index (χ1n) is 7.09. The Hall–Kier alpha value is -1.88. The van der Waals surface area contributed by atoms with Crippen molar-refractivity contribution in [1.82, 2.24) is 10.2 Å². The summed E-state index contributed by atoms with van der Waals surface area (Å²) in [5.41, 5.74) is 1.27. The molecule has 1 aromatic rings. The van der Waals surface area contributed by atoms with Crippen molar-refractivity contribution in [3.8, 4) is 5.75 Å². The molecule has 0 spiro atoms. The number of aldehydes is 1. The molecule has 0 aromatic heterocycles. The Morgan fingerprint density at radius 2 is 2.29 bits per heavy atom. The molecule has 0 radical (unpaired) electrons. The average Bonchev–Trinajstić information content (AvgIpc) is 2.88. The third-order valence-electron chi connectivity index (χ3n) is 4.16. The number of benzene rings is 1. The van der Waals surface area contributed by atoms with Gasteiger partial charge in [0.05, 0.1) is 12.5 Å².